The number of ketones is 1. The molecule has 16 aromatic rings. The Morgan fingerprint density at radius 2 is 0.338 bits per heavy atom. The Morgan fingerprint density at radius 1 is 0.169 bits per heavy atom. The van der Waals surface area contributed by atoms with Crippen LogP contribution in [0.4, 0.5) is 148 Å². The number of rotatable bonds is 24. The van der Waals surface area contributed by atoms with Crippen LogP contribution in [-0.2, 0) is 0 Å². The summed E-state index contributed by atoms with van der Waals surface area (Å²) in [5.74, 6) is 2.76. The third-order valence-corrected chi connectivity index (χ3v) is 24.9. The molecule has 0 aromatic heterocycles. The first-order valence-corrected chi connectivity index (χ1v) is 43.9. The number of carbonyl (C=O) groups is 1. The standard InChI is InChI=1S/C113H106N14O3/c1-114(2)79-27-43-87(44-28-79)122(88-45-29-80(30-46-88)115(3)4)97-59-65-105-109(71-97)129-110-72-98(123(89-47-31-81(32-48-89)116(5)6)90-49-33-82(34-50-90)117(7)8)60-66-106(110)126(105)95-23-17-75(18-24-95)77-21-63-101-102-64-22-78(70-104(102)113(128)103(101)69-77)76-19-25-96(26-20-76)127-107-67-61-99(124(91-51-35-83(36-52-91)118(9)10)92-53-37-84(38-54-92)119(11)12)73-111(107)130-112-74-100(62-68-108(112)127)125(93-55-39-85(40-56-93)120(13)14)94-57-41-86(42-58-94)121(15)16/h17-74H,1-16H3. The minimum Gasteiger partial charge on any atom is -0.453 e. The van der Waals surface area contributed by atoms with Gasteiger partial charge in [-0.2, -0.15) is 0 Å². The summed E-state index contributed by atoms with van der Waals surface area (Å²) in [7, 11) is 33.0. The maximum Gasteiger partial charge on any atom is 0.194 e. The normalized spacial score (nSPS) is 12.0. The molecule has 0 bridgehead atoms. The van der Waals surface area contributed by atoms with Gasteiger partial charge in [0.1, 0.15) is 0 Å². The van der Waals surface area contributed by atoms with E-state index in [4.69, 9.17) is 9.47 Å². The lowest BCUT2D eigenvalue weighted by Gasteiger charge is -2.35. The fourth-order valence-corrected chi connectivity index (χ4v) is 17.7. The predicted molar refractivity (Wildman–Crippen MR) is 549 cm³/mol. The highest BCUT2D eigenvalue weighted by atomic mass is 16.5. The van der Waals surface area contributed by atoms with Crippen LogP contribution in [0, 0.1) is 0 Å². The number of benzene rings is 16. The molecule has 0 amide bonds. The van der Waals surface area contributed by atoms with Gasteiger partial charge in [0.25, 0.3) is 0 Å². The minimum atomic E-state index is -0.00336. The molecular formula is C113H106N14O3. The van der Waals surface area contributed by atoms with Crippen LogP contribution < -0.4 is 78.1 Å². The maximum absolute atomic E-state index is 15.2. The van der Waals surface area contributed by atoms with E-state index in [1.165, 1.54) is 0 Å². The summed E-state index contributed by atoms with van der Waals surface area (Å²) in [6.07, 6.45) is 0. The van der Waals surface area contributed by atoms with Gasteiger partial charge in [0.15, 0.2) is 28.8 Å². The van der Waals surface area contributed by atoms with Crippen molar-refractivity contribution in [3.05, 3.63) is 363 Å². The number of hydrogen-bond donors (Lipinski definition) is 0. The number of fused-ring (bicyclic) bond motifs is 7. The van der Waals surface area contributed by atoms with Crippen molar-refractivity contribution >= 4 is 154 Å². The second-order valence-electron chi connectivity index (χ2n) is 35.1. The molecule has 1 aliphatic carbocycles. The Balaban J connectivity index is 0.650. The molecule has 2 heterocycles. The van der Waals surface area contributed by atoms with E-state index in [2.05, 4.69) is 533 Å². The molecule has 17 heteroatoms. The van der Waals surface area contributed by atoms with Crippen molar-refractivity contribution in [3.8, 4) is 56.4 Å². The van der Waals surface area contributed by atoms with Gasteiger partial charge in [0.2, 0.25) is 0 Å². The van der Waals surface area contributed by atoms with E-state index in [9.17, 15) is 0 Å². The first kappa shape index (κ1) is 83.5. The molecule has 130 heavy (non-hydrogen) atoms. The Hall–Kier alpha value is -16.0. The summed E-state index contributed by atoms with van der Waals surface area (Å²) in [4.78, 5) is 45.9. The molecule has 0 spiro atoms. The fourth-order valence-electron chi connectivity index (χ4n) is 17.7. The molecule has 0 saturated heterocycles. The Labute approximate surface area is 764 Å². The summed E-state index contributed by atoms with van der Waals surface area (Å²) >= 11 is 0. The van der Waals surface area contributed by atoms with Gasteiger partial charge < -0.3 is 78.1 Å². The first-order chi connectivity index (χ1) is 62.9. The topological polar surface area (TPSA) is 80.9 Å². The highest BCUT2D eigenvalue weighted by Gasteiger charge is 2.34. The second kappa shape index (κ2) is 34.4. The largest absolute Gasteiger partial charge is 0.453 e. The minimum absolute atomic E-state index is 0.00336. The van der Waals surface area contributed by atoms with Gasteiger partial charge >= 0.3 is 0 Å². The molecule has 17 nitrogen and oxygen atoms in total. The smallest absolute Gasteiger partial charge is 0.194 e. The SMILES string of the molecule is CN(C)c1ccc(N(c2ccc(N(C)C)cc2)c2ccc3c(c2)Oc2cc(N(c4ccc(N(C)C)cc4)c4ccc(N(C)C)cc4)ccc2N3c2ccc(-c3ccc4c(c3)C(=O)c3cc(-c5ccc(N6c7ccc(N(c8ccc(N(C)C)cc8)c8ccc(N(C)C)cc8)cc7Oc7cc(N(c8ccc(N(C)C)cc8)c8ccc(N(C)C)cc8)ccc76)cc5)ccc3-4)cc2)cc1. The summed E-state index contributed by atoms with van der Waals surface area (Å²) in [6, 6.07) is 126. The average molecular weight is 1710 g/mol. The van der Waals surface area contributed by atoms with Crippen LogP contribution in [0.15, 0.2) is 352 Å². The van der Waals surface area contributed by atoms with Gasteiger partial charge in [0.05, 0.1) is 22.7 Å². The van der Waals surface area contributed by atoms with Crippen molar-refractivity contribution in [2.24, 2.45) is 0 Å². The zero-order valence-electron chi connectivity index (χ0n) is 76.5. The van der Waals surface area contributed by atoms with Crippen molar-refractivity contribution in [1.29, 1.82) is 0 Å². The van der Waals surface area contributed by atoms with Crippen LogP contribution in [0.1, 0.15) is 15.9 Å². The number of nitrogens with zero attached hydrogens (tertiary/aromatic N) is 14. The summed E-state index contributed by atoms with van der Waals surface area (Å²) in [5.41, 5.74) is 33.1. The van der Waals surface area contributed by atoms with Crippen LogP contribution in [0.3, 0.4) is 0 Å². The zero-order chi connectivity index (χ0) is 90.0. The van der Waals surface area contributed by atoms with Crippen LogP contribution in [0.25, 0.3) is 33.4 Å². The molecule has 0 N–H and O–H groups in total. The van der Waals surface area contributed by atoms with Crippen molar-refractivity contribution in [2.75, 3.05) is 181 Å². The molecule has 0 radical (unpaired) electrons. The summed E-state index contributed by atoms with van der Waals surface area (Å²) < 4.78 is 14.7. The van der Waals surface area contributed by atoms with Crippen molar-refractivity contribution in [3.63, 3.8) is 0 Å². The molecule has 0 fully saturated rings. The van der Waals surface area contributed by atoms with E-state index >= 15 is 4.79 Å². The Morgan fingerprint density at radius 3 is 0.523 bits per heavy atom. The number of hydrogen-bond acceptors (Lipinski definition) is 17. The third-order valence-electron chi connectivity index (χ3n) is 24.9. The van der Waals surface area contributed by atoms with E-state index < -0.39 is 0 Å². The van der Waals surface area contributed by atoms with Gasteiger partial charge in [-0.15, -0.1) is 0 Å². The molecule has 3 aliphatic rings. The van der Waals surface area contributed by atoms with Crippen molar-refractivity contribution in [1.82, 2.24) is 0 Å². The first-order valence-electron chi connectivity index (χ1n) is 43.9. The van der Waals surface area contributed by atoms with Crippen molar-refractivity contribution < 1.29 is 14.3 Å². The number of anilines is 26. The van der Waals surface area contributed by atoms with E-state index in [0.717, 1.165) is 181 Å². The third kappa shape index (κ3) is 16.0. The van der Waals surface area contributed by atoms with Gasteiger partial charge in [-0.1, -0.05) is 48.5 Å². The van der Waals surface area contributed by atoms with Gasteiger partial charge in [-0.25, -0.2) is 0 Å². The quantitative estimate of drug-likeness (QED) is 0.0575. The summed E-state index contributed by atoms with van der Waals surface area (Å²) in [5, 5.41) is 0. The molecule has 0 atom stereocenters. The van der Waals surface area contributed by atoms with E-state index in [0.29, 0.717) is 34.1 Å². The lowest BCUT2D eigenvalue weighted by atomic mass is 9.97. The lowest BCUT2D eigenvalue weighted by Crippen LogP contribution is -2.18. The lowest BCUT2D eigenvalue weighted by molar-refractivity contribution is 0.104. The highest BCUT2D eigenvalue weighted by Crippen LogP contribution is 2.58. The Kier molecular flexibility index (Phi) is 22.1. The van der Waals surface area contributed by atoms with Crippen LogP contribution >= 0.6 is 0 Å². The molecule has 16 aromatic carbocycles. The molecular weight excluding hydrogens is 1600 g/mol. The molecule has 19 rings (SSSR count). The van der Waals surface area contributed by atoms with Crippen LogP contribution in [0.2, 0.25) is 0 Å². The summed E-state index contributed by atoms with van der Waals surface area (Å²) in [6.45, 7) is 0. The van der Waals surface area contributed by atoms with Crippen LogP contribution in [0.5, 0.6) is 23.0 Å². The number of ether oxygens (including phenoxy) is 2. The van der Waals surface area contributed by atoms with Crippen LogP contribution in [-0.4, -0.2) is 119 Å². The monoisotopic (exact) mass is 1710 g/mol. The van der Waals surface area contributed by atoms with Gasteiger partial charge in [-0.3, -0.25) is 4.79 Å². The van der Waals surface area contributed by atoms with E-state index in [1.807, 2.05) is 0 Å². The van der Waals surface area contributed by atoms with Gasteiger partial charge in [0, 0.05) is 273 Å². The molecule has 0 unspecified atom stereocenters. The number of carbonyl (C=O) groups excluding carboxylic acids is 1. The predicted octanol–water partition coefficient (Wildman–Crippen LogP) is 27.8. The van der Waals surface area contributed by atoms with E-state index in [1.54, 1.807) is 0 Å². The molecule has 646 valence electrons. The average Bonchev–Trinajstić information content (AvgIpc) is 0.864. The maximum atomic E-state index is 15.2. The molecule has 0 saturated carbocycles. The highest BCUT2D eigenvalue weighted by molar-refractivity contribution is 6.22. The Bertz CT molecular complexity index is 5930. The molecule has 2 aliphatic heterocycles. The second-order valence-corrected chi connectivity index (χ2v) is 35.1. The van der Waals surface area contributed by atoms with Crippen molar-refractivity contribution in [2.45, 2.75) is 0 Å². The van der Waals surface area contributed by atoms with Gasteiger partial charge in [-0.05, 0) is 312 Å². The van der Waals surface area contributed by atoms with E-state index in [-0.39, 0.29) is 5.78 Å². The zero-order valence-corrected chi connectivity index (χ0v) is 76.5. The fraction of sp³-hybridized carbons (Fsp3) is 0.142.